The topological polar surface area (TPSA) is 89.8 Å². The van der Waals surface area contributed by atoms with Gasteiger partial charge in [0.2, 0.25) is 0 Å². The molecule has 0 aliphatic rings. The zero-order valence-electron chi connectivity index (χ0n) is 12.3. The van der Waals surface area contributed by atoms with E-state index in [2.05, 4.69) is 0 Å². The number of halogens is 1. The fraction of sp³-hybridized carbons (Fsp3) is 0.429. The molecule has 8 heteroatoms. The lowest BCUT2D eigenvalue weighted by Gasteiger charge is -2.05. The molecule has 0 unspecified atom stereocenters. The fourth-order valence-corrected chi connectivity index (χ4v) is 3.33. The Kier molecular flexibility index (Phi) is 4.75. The predicted octanol–water partition coefficient (Wildman–Crippen LogP) is 1.72. The molecule has 0 saturated carbocycles. The van der Waals surface area contributed by atoms with Crippen molar-refractivity contribution in [3.63, 3.8) is 0 Å². The van der Waals surface area contributed by atoms with Crippen LogP contribution in [0.15, 0.2) is 12.1 Å². The molecule has 6 nitrogen and oxygen atoms in total. The molecule has 0 radical (unpaired) electrons. The Labute approximate surface area is 134 Å². The number of fused-ring (bicyclic) bond motifs is 1. The lowest BCUT2D eigenvalue weighted by atomic mass is 10.2. The number of nitrogens with zero attached hydrogens (tertiary/aromatic N) is 3. The molecule has 22 heavy (non-hydrogen) atoms. The Morgan fingerprint density at radius 1 is 1.45 bits per heavy atom. The van der Waals surface area contributed by atoms with Crippen molar-refractivity contribution in [3.8, 4) is 6.07 Å². The Morgan fingerprint density at radius 3 is 2.68 bits per heavy atom. The van der Waals surface area contributed by atoms with Gasteiger partial charge in [0.1, 0.15) is 6.07 Å². The molecule has 0 spiro atoms. The monoisotopic (exact) mass is 341 g/mol. The number of aryl methyl sites for hydroxylation is 2. The van der Waals surface area contributed by atoms with Crippen molar-refractivity contribution in [1.82, 2.24) is 4.57 Å². The highest BCUT2D eigenvalue weighted by molar-refractivity contribution is 7.85. The van der Waals surface area contributed by atoms with Crippen LogP contribution in [-0.4, -0.2) is 23.3 Å². The van der Waals surface area contributed by atoms with Gasteiger partial charge in [0.05, 0.1) is 33.8 Å². The first-order valence-corrected chi connectivity index (χ1v) is 8.80. The Hall–Kier alpha value is -1.62. The normalized spacial score (nSPS) is 11.8. The molecule has 1 aromatic carbocycles. The molecule has 0 saturated heterocycles. The molecule has 0 aliphatic heterocycles. The van der Waals surface area contributed by atoms with Gasteiger partial charge in [0.15, 0.2) is 11.0 Å². The van der Waals surface area contributed by atoms with Gasteiger partial charge < -0.3 is 4.55 Å². The Bertz CT molecular complexity index is 866. The summed E-state index contributed by atoms with van der Waals surface area (Å²) in [6.45, 7) is 5.01. The standard InChI is InChI=1S/C14H16ClN3O3S/c1-3-17-10(2)18(5-4-6-22(19,20)21)13-7-11(9-16)12(15)8-14(13)17/h7-8H,3-6H2,1-2H3. The van der Waals surface area contributed by atoms with Crippen LogP contribution < -0.4 is 4.57 Å². The van der Waals surface area contributed by atoms with E-state index in [1.807, 2.05) is 29.1 Å². The fourth-order valence-electron chi connectivity index (χ4n) is 2.64. The van der Waals surface area contributed by atoms with Gasteiger partial charge in [0.25, 0.3) is 5.82 Å². The van der Waals surface area contributed by atoms with E-state index in [-0.39, 0.29) is 6.42 Å². The van der Waals surface area contributed by atoms with E-state index in [0.29, 0.717) is 17.1 Å². The highest BCUT2D eigenvalue weighted by Crippen LogP contribution is 2.23. The van der Waals surface area contributed by atoms with Crippen molar-refractivity contribution in [2.75, 3.05) is 5.75 Å². The summed E-state index contributed by atoms with van der Waals surface area (Å²) in [5.41, 5.74) is 2.06. The number of aromatic nitrogens is 2. The summed E-state index contributed by atoms with van der Waals surface area (Å²) in [5, 5.41) is 9.50. The van der Waals surface area contributed by atoms with Crippen LogP contribution >= 0.6 is 11.6 Å². The van der Waals surface area contributed by atoms with Gasteiger partial charge in [-0.05, 0) is 13.3 Å². The summed E-state index contributed by atoms with van der Waals surface area (Å²) in [7, 11) is -4.22. The van der Waals surface area contributed by atoms with Gasteiger partial charge in [0, 0.05) is 24.8 Å². The SMILES string of the molecule is CCn1c(C)[n+](CCCS(=O)(=O)[O-])c2cc(C#N)c(Cl)cc21. The summed E-state index contributed by atoms with van der Waals surface area (Å²) in [6, 6.07) is 5.48. The van der Waals surface area contributed by atoms with Crippen LogP contribution in [0.4, 0.5) is 0 Å². The number of hydrogen-bond acceptors (Lipinski definition) is 4. The first-order valence-electron chi connectivity index (χ1n) is 6.84. The molecule has 0 bridgehead atoms. The minimum absolute atomic E-state index is 0.227. The van der Waals surface area contributed by atoms with E-state index in [9.17, 15) is 13.0 Å². The van der Waals surface area contributed by atoms with E-state index in [1.54, 1.807) is 12.1 Å². The van der Waals surface area contributed by atoms with Gasteiger partial charge in [-0.1, -0.05) is 11.6 Å². The lowest BCUT2D eigenvalue weighted by Crippen LogP contribution is -2.37. The third kappa shape index (κ3) is 3.24. The van der Waals surface area contributed by atoms with Crippen molar-refractivity contribution in [2.24, 2.45) is 0 Å². The molecule has 0 amide bonds. The van der Waals surface area contributed by atoms with Crippen LogP contribution in [0.1, 0.15) is 24.7 Å². The molecular weight excluding hydrogens is 326 g/mol. The molecule has 1 aromatic heterocycles. The third-order valence-corrected chi connectivity index (χ3v) is 4.74. The van der Waals surface area contributed by atoms with E-state index in [4.69, 9.17) is 16.9 Å². The Balaban J connectivity index is 2.53. The highest BCUT2D eigenvalue weighted by Gasteiger charge is 2.22. The lowest BCUT2D eigenvalue weighted by molar-refractivity contribution is -0.678. The average molecular weight is 342 g/mol. The van der Waals surface area contributed by atoms with Crippen LogP contribution in [0.2, 0.25) is 5.02 Å². The molecule has 2 aromatic rings. The van der Waals surface area contributed by atoms with Crippen LogP contribution in [0.5, 0.6) is 0 Å². The maximum Gasteiger partial charge on any atom is 0.254 e. The van der Waals surface area contributed by atoms with E-state index >= 15 is 0 Å². The molecule has 0 N–H and O–H groups in total. The van der Waals surface area contributed by atoms with Gasteiger partial charge in [-0.3, -0.25) is 0 Å². The van der Waals surface area contributed by atoms with Gasteiger partial charge >= 0.3 is 0 Å². The molecule has 0 atom stereocenters. The van der Waals surface area contributed by atoms with Gasteiger partial charge in [-0.15, -0.1) is 0 Å². The molecule has 1 heterocycles. The zero-order valence-corrected chi connectivity index (χ0v) is 13.9. The first kappa shape index (κ1) is 16.7. The van der Waals surface area contributed by atoms with Crippen molar-refractivity contribution in [1.29, 1.82) is 5.26 Å². The summed E-state index contributed by atoms with van der Waals surface area (Å²) in [5.74, 6) is 0.517. The van der Waals surface area contributed by atoms with Crippen LogP contribution in [0, 0.1) is 18.3 Å². The van der Waals surface area contributed by atoms with Crippen LogP contribution in [-0.2, 0) is 23.2 Å². The van der Waals surface area contributed by atoms with E-state index < -0.39 is 15.9 Å². The van der Waals surface area contributed by atoms with Crippen molar-refractivity contribution in [3.05, 3.63) is 28.5 Å². The first-order chi connectivity index (χ1) is 10.3. The second kappa shape index (κ2) is 6.24. The minimum Gasteiger partial charge on any atom is -0.748 e. The zero-order chi connectivity index (χ0) is 16.5. The third-order valence-electron chi connectivity index (χ3n) is 3.64. The number of nitriles is 1. The van der Waals surface area contributed by atoms with Crippen molar-refractivity contribution in [2.45, 2.75) is 33.4 Å². The van der Waals surface area contributed by atoms with Crippen LogP contribution in [0.25, 0.3) is 11.0 Å². The summed E-state index contributed by atoms with van der Waals surface area (Å²) < 4.78 is 36.2. The summed E-state index contributed by atoms with van der Waals surface area (Å²) in [4.78, 5) is 0. The van der Waals surface area contributed by atoms with Gasteiger partial charge in [-0.2, -0.15) is 5.26 Å². The Morgan fingerprint density at radius 2 is 2.14 bits per heavy atom. The number of benzene rings is 1. The largest absolute Gasteiger partial charge is 0.748 e. The quantitative estimate of drug-likeness (QED) is 0.611. The second-order valence-corrected chi connectivity index (χ2v) is 6.92. The van der Waals surface area contributed by atoms with Gasteiger partial charge in [-0.25, -0.2) is 17.6 Å². The number of imidazole rings is 1. The molecule has 0 aliphatic carbocycles. The number of hydrogen-bond donors (Lipinski definition) is 0. The van der Waals surface area contributed by atoms with Crippen LogP contribution in [0.3, 0.4) is 0 Å². The maximum atomic E-state index is 10.7. The number of rotatable bonds is 5. The van der Waals surface area contributed by atoms with Crippen molar-refractivity contribution < 1.29 is 17.5 Å². The highest BCUT2D eigenvalue weighted by atomic mass is 35.5. The minimum atomic E-state index is -4.22. The van der Waals surface area contributed by atoms with E-state index in [1.165, 1.54) is 0 Å². The predicted molar refractivity (Wildman–Crippen MR) is 81.5 cm³/mol. The molecule has 2 rings (SSSR count). The molecule has 0 fully saturated rings. The molecular formula is C14H16ClN3O3S. The second-order valence-electron chi connectivity index (χ2n) is 4.99. The summed E-state index contributed by atoms with van der Waals surface area (Å²) >= 11 is 6.09. The summed E-state index contributed by atoms with van der Waals surface area (Å²) in [6.07, 6.45) is 0.227. The molecule has 118 valence electrons. The maximum absolute atomic E-state index is 10.7. The van der Waals surface area contributed by atoms with E-state index in [0.717, 1.165) is 23.4 Å². The average Bonchev–Trinajstić information content (AvgIpc) is 2.68. The van der Waals surface area contributed by atoms with Crippen molar-refractivity contribution >= 4 is 32.8 Å². The smallest absolute Gasteiger partial charge is 0.254 e.